The molecular weight excluding hydrogens is 404 g/mol. The second-order valence-corrected chi connectivity index (χ2v) is 12.6. The van der Waals surface area contributed by atoms with Crippen LogP contribution in [0.15, 0.2) is 94.7 Å². The highest BCUT2D eigenvalue weighted by Gasteiger charge is 2.49. The monoisotopic (exact) mass is 424 g/mol. The van der Waals surface area contributed by atoms with Crippen LogP contribution in [0, 0.1) is 0 Å². The zero-order valence-corrected chi connectivity index (χ0v) is 17.7. The Morgan fingerprint density at radius 3 is 1.28 bits per heavy atom. The van der Waals surface area contributed by atoms with Crippen LogP contribution in [0.4, 0.5) is 0 Å². The molecule has 0 amide bonds. The van der Waals surface area contributed by atoms with Crippen molar-refractivity contribution in [3.05, 3.63) is 84.9 Å². The zero-order chi connectivity index (χ0) is 20.9. The van der Waals surface area contributed by atoms with Crippen LogP contribution in [0.5, 0.6) is 0 Å². The molecule has 0 saturated heterocycles. The van der Waals surface area contributed by atoms with E-state index in [9.17, 15) is 16.8 Å². The summed E-state index contributed by atoms with van der Waals surface area (Å²) in [6, 6.07) is 23.9. The summed E-state index contributed by atoms with van der Waals surface area (Å²) in [5.41, 5.74) is 0. The van der Waals surface area contributed by atoms with E-state index in [0.29, 0.717) is 10.8 Å². The van der Waals surface area contributed by atoms with E-state index in [-0.39, 0.29) is 9.79 Å². The van der Waals surface area contributed by atoms with Crippen molar-refractivity contribution in [1.82, 2.24) is 0 Å². The number of fused-ring (bicyclic) bond motifs is 2. The Labute approximate surface area is 170 Å². The summed E-state index contributed by atoms with van der Waals surface area (Å²) in [4.78, 5) is 0.0359. The minimum atomic E-state index is -4.23. The van der Waals surface area contributed by atoms with Gasteiger partial charge in [-0.2, -0.15) is 0 Å². The molecule has 0 saturated carbocycles. The van der Waals surface area contributed by atoms with Crippen molar-refractivity contribution in [3.63, 3.8) is 0 Å². The van der Waals surface area contributed by atoms with Crippen molar-refractivity contribution in [3.8, 4) is 0 Å². The van der Waals surface area contributed by atoms with E-state index in [1.54, 1.807) is 60.7 Å². The van der Waals surface area contributed by atoms with Gasteiger partial charge in [0, 0.05) is 10.8 Å². The summed E-state index contributed by atoms with van der Waals surface area (Å²) in [5, 5.41) is 2.51. The molecule has 0 unspecified atom stereocenters. The van der Waals surface area contributed by atoms with Crippen LogP contribution < -0.4 is 0 Å². The largest absolute Gasteiger partial charge is 0.222 e. The lowest BCUT2D eigenvalue weighted by molar-refractivity contribution is 0.556. The van der Waals surface area contributed by atoms with E-state index in [0.717, 1.165) is 10.8 Å². The van der Waals surface area contributed by atoms with Gasteiger partial charge in [0.2, 0.25) is 0 Å². The van der Waals surface area contributed by atoms with Crippen LogP contribution in [-0.4, -0.2) is 20.9 Å². The Morgan fingerprint density at radius 1 is 0.517 bits per heavy atom. The van der Waals surface area contributed by atoms with Gasteiger partial charge < -0.3 is 0 Å². The summed E-state index contributed by atoms with van der Waals surface area (Å²) < 4.78 is 52.5. The third kappa shape index (κ3) is 2.86. The van der Waals surface area contributed by atoms with Crippen molar-refractivity contribution in [2.75, 3.05) is 0 Å². The van der Waals surface area contributed by atoms with Crippen molar-refractivity contribution >= 4 is 41.2 Å². The van der Waals surface area contributed by atoms with Gasteiger partial charge >= 0.3 is 0 Å². The molecule has 0 bridgehead atoms. The molecule has 4 aromatic carbocycles. The van der Waals surface area contributed by atoms with E-state index in [1.165, 1.54) is 26.0 Å². The van der Waals surface area contributed by atoms with E-state index >= 15 is 0 Å². The number of sulfone groups is 2. The van der Waals surface area contributed by atoms with Gasteiger partial charge in [0.05, 0.1) is 9.79 Å². The maximum Gasteiger partial charge on any atom is 0.198 e. The molecular formula is C23H20O4S2. The molecule has 4 rings (SSSR count). The van der Waals surface area contributed by atoms with Gasteiger partial charge in [0.25, 0.3) is 0 Å². The first-order valence-electron chi connectivity index (χ1n) is 9.13. The standard InChI is InChI=1S/C23H20O4S2/c1-23(2,28(24,25)21-15-7-11-17-9-3-5-13-19(17)21)29(26,27)22-16-8-12-18-10-4-6-14-20(18)22/h3-16H,1-2H3. The highest BCUT2D eigenvalue weighted by Crippen LogP contribution is 2.39. The molecule has 0 fully saturated rings. The van der Waals surface area contributed by atoms with E-state index in [1.807, 2.05) is 12.1 Å². The summed E-state index contributed by atoms with van der Waals surface area (Å²) in [6.45, 7) is 2.53. The fraction of sp³-hybridized carbons (Fsp3) is 0.130. The topological polar surface area (TPSA) is 68.3 Å². The second-order valence-electron chi connectivity index (χ2n) is 7.36. The molecule has 0 N–H and O–H groups in total. The average molecular weight is 425 g/mol. The summed E-state index contributed by atoms with van der Waals surface area (Å²) >= 11 is 0. The van der Waals surface area contributed by atoms with E-state index in [4.69, 9.17) is 0 Å². The van der Waals surface area contributed by atoms with Gasteiger partial charge in [-0.05, 0) is 36.8 Å². The van der Waals surface area contributed by atoms with Crippen LogP contribution in [0.2, 0.25) is 0 Å². The van der Waals surface area contributed by atoms with E-state index < -0.39 is 23.8 Å². The van der Waals surface area contributed by atoms with Crippen LogP contribution >= 0.6 is 0 Å². The summed E-state index contributed by atoms with van der Waals surface area (Å²) in [6.07, 6.45) is 0. The van der Waals surface area contributed by atoms with Gasteiger partial charge in [0.1, 0.15) is 0 Å². The molecule has 0 heterocycles. The first-order chi connectivity index (χ1) is 13.7. The van der Waals surface area contributed by atoms with Crippen molar-refractivity contribution in [1.29, 1.82) is 0 Å². The molecule has 0 aliphatic carbocycles. The molecule has 148 valence electrons. The van der Waals surface area contributed by atoms with Crippen molar-refractivity contribution < 1.29 is 16.8 Å². The highest BCUT2D eigenvalue weighted by molar-refractivity contribution is 8.10. The van der Waals surface area contributed by atoms with Crippen LogP contribution in [0.25, 0.3) is 21.5 Å². The zero-order valence-electron chi connectivity index (χ0n) is 16.0. The minimum Gasteiger partial charge on any atom is -0.222 e. The maximum atomic E-state index is 13.6. The summed E-state index contributed by atoms with van der Waals surface area (Å²) in [5.74, 6) is 0. The lowest BCUT2D eigenvalue weighted by Crippen LogP contribution is -2.40. The van der Waals surface area contributed by atoms with Crippen molar-refractivity contribution in [2.24, 2.45) is 0 Å². The highest BCUT2D eigenvalue weighted by atomic mass is 32.3. The molecule has 4 aromatic rings. The molecule has 4 nitrogen and oxygen atoms in total. The molecule has 0 atom stereocenters. The van der Waals surface area contributed by atoms with Crippen molar-refractivity contribution in [2.45, 2.75) is 27.7 Å². The number of rotatable bonds is 4. The predicted octanol–water partition coefficient (Wildman–Crippen LogP) is 4.98. The molecule has 29 heavy (non-hydrogen) atoms. The normalized spacial score (nSPS) is 13.0. The van der Waals surface area contributed by atoms with Crippen LogP contribution in [0.3, 0.4) is 0 Å². The molecule has 0 aromatic heterocycles. The molecule has 0 aliphatic heterocycles. The second kappa shape index (κ2) is 6.68. The van der Waals surface area contributed by atoms with Gasteiger partial charge in [-0.1, -0.05) is 72.8 Å². The van der Waals surface area contributed by atoms with Gasteiger partial charge in [0.15, 0.2) is 23.8 Å². The van der Waals surface area contributed by atoms with Crippen LogP contribution in [0.1, 0.15) is 13.8 Å². The number of hydrogen-bond donors (Lipinski definition) is 0. The van der Waals surface area contributed by atoms with Crippen LogP contribution in [-0.2, 0) is 19.7 Å². The quantitative estimate of drug-likeness (QED) is 0.463. The Bertz CT molecular complexity index is 1330. The maximum absolute atomic E-state index is 13.6. The predicted molar refractivity (Wildman–Crippen MR) is 116 cm³/mol. The fourth-order valence-corrected chi connectivity index (χ4v) is 7.75. The smallest absolute Gasteiger partial charge is 0.198 e. The molecule has 0 spiro atoms. The van der Waals surface area contributed by atoms with Gasteiger partial charge in [-0.15, -0.1) is 0 Å². The Hall–Kier alpha value is -2.70. The first-order valence-corrected chi connectivity index (χ1v) is 12.1. The van der Waals surface area contributed by atoms with E-state index in [2.05, 4.69) is 0 Å². The first kappa shape index (κ1) is 19.6. The average Bonchev–Trinajstić information content (AvgIpc) is 2.72. The molecule has 0 aliphatic rings. The molecule has 6 heteroatoms. The lowest BCUT2D eigenvalue weighted by Gasteiger charge is -2.26. The third-order valence-corrected chi connectivity index (χ3v) is 11.1. The Kier molecular flexibility index (Phi) is 4.52. The lowest BCUT2D eigenvalue weighted by atomic mass is 10.1. The minimum absolute atomic E-state index is 0.0180. The Balaban J connectivity index is 1.98. The van der Waals surface area contributed by atoms with Gasteiger partial charge in [-0.25, -0.2) is 16.8 Å². The SMILES string of the molecule is CC(C)(S(=O)(=O)c1cccc2ccccc12)S(=O)(=O)c1cccc2ccccc12. The summed E-state index contributed by atoms with van der Waals surface area (Å²) in [7, 11) is -8.46. The number of benzene rings is 4. The number of hydrogen-bond acceptors (Lipinski definition) is 4. The Morgan fingerprint density at radius 2 is 0.862 bits per heavy atom. The molecule has 0 radical (unpaired) electrons. The fourth-order valence-electron chi connectivity index (χ4n) is 3.53. The third-order valence-electron chi connectivity index (χ3n) is 5.37. The van der Waals surface area contributed by atoms with Gasteiger partial charge in [-0.3, -0.25) is 0 Å².